The van der Waals surface area contributed by atoms with E-state index in [1.54, 1.807) is 11.8 Å². The highest BCUT2D eigenvalue weighted by Gasteiger charge is 2.23. The maximum absolute atomic E-state index is 12.2. The van der Waals surface area contributed by atoms with E-state index < -0.39 is 0 Å². The quantitative estimate of drug-likeness (QED) is 0.365. The van der Waals surface area contributed by atoms with Gasteiger partial charge in [-0.1, -0.05) is 11.8 Å². The van der Waals surface area contributed by atoms with Gasteiger partial charge in [-0.3, -0.25) is 4.79 Å². The van der Waals surface area contributed by atoms with Crippen LogP contribution in [0.15, 0.2) is 28.5 Å². The van der Waals surface area contributed by atoms with Crippen molar-refractivity contribution >= 4 is 57.1 Å². The molecule has 0 bridgehead atoms. The standard InChI is InChI=1S/C20H21IN6OS/c21-14-7-12-3-4-15(28)13(12)8-16(14)29-20-26-17-18(22)24-10-25-19(17)27(20)6-5-23-9-11-1-2-11/h7-8,10-11,23H,1-6,9H2,(H2,22,24,25). The van der Waals surface area contributed by atoms with Gasteiger partial charge in [-0.25, -0.2) is 15.0 Å². The van der Waals surface area contributed by atoms with Crippen molar-refractivity contribution in [1.29, 1.82) is 0 Å². The number of nitrogens with two attached hydrogens (primary N) is 1. The molecule has 2 heterocycles. The molecule has 0 unspecified atom stereocenters. The number of ketones is 1. The molecule has 2 aliphatic carbocycles. The number of imidazole rings is 1. The number of fused-ring (bicyclic) bond motifs is 2. The normalized spacial score (nSPS) is 16.0. The molecule has 0 saturated heterocycles. The van der Waals surface area contributed by atoms with E-state index in [1.807, 2.05) is 6.07 Å². The third kappa shape index (κ3) is 3.87. The second kappa shape index (κ2) is 7.84. The highest BCUT2D eigenvalue weighted by molar-refractivity contribution is 14.1. The van der Waals surface area contributed by atoms with Gasteiger partial charge in [-0.2, -0.15) is 0 Å². The molecule has 2 aromatic heterocycles. The van der Waals surface area contributed by atoms with Gasteiger partial charge in [0.15, 0.2) is 27.9 Å². The van der Waals surface area contributed by atoms with Gasteiger partial charge in [0, 0.05) is 33.5 Å². The Bertz CT molecular complexity index is 1110. The fourth-order valence-corrected chi connectivity index (χ4v) is 5.47. The zero-order valence-electron chi connectivity index (χ0n) is 15.8. The molecule has 7 nitrogen and oxygen atoms in total. The van der Waals surface area contributed by atoms with Gasteiger partial charge < -0.3 is 15.6 Å². The number of rotatable bonds is 7. The highest BCUT2D eigenvalue weighted by atomic mass is 127. The summed E-state index contributed by atoms with van der Waals surface area (Å²) < 4.78 is 3.23. The first-order valence-corrected chi connectivity index (χ1v) is 11.7. The molecule has 0 aliphatic heterocycles. The first kappa shape index (κ1) is 19.3. The number of anilines is 1. The summed E-state index contributed by atoms with van der Waals surface area (Å²) >= 11 is 3.90. The van der Waals surface area contributed by atoms with Gasteiger partial charge in [-0.05, 0) is 72.0 Å². The van der Waals surface area contributed by atoms with Crippen LogP contribution in [0.1, 0.15) is 35.2 Å². The molecule has 0 atom stereocenters. The van der Waals surface area contributed by atoms with Crippen LogP contribution in [-0.4, -0.2) is 38.4 Å². The van der Waals surface area contributed by atoms with Gasteiger partial charge in [0.05, 0.1) is 0 Å². The Morgan fingerprint density at radius 3 is 2.97 bits per heavy atom. The maximum Gasteiger partial charge on any atom is 0.175 e. The van der Waals surface area contributed by atoms with Crippen LogP contribution < -0.4 is 11.1 Å². The first-order valence-electron chi connectivity index (χ1n) is 9.81. The molecule has 1 aromatic carbocycles. The molecule has 0 amide bonds. The molecule has 29 heavy (non-hydrogen) atoms. The summed E-state index contributed by atoms with van der Waals surface area (Å²) in [5, 5.41) is 4.35. The van der Waals surface area contributed by atoms with Crippen LogP contribution in [0.2, 0.25) is 0 Å². The van der Waals surface area contributed by atoms with Crippen molar-refractivity contribution in [2.75, 3.05) is 18.8 Å². The van der Waals surface area contributed by atoms with E-state index in [0.717, 1.165) is 62.4 Å². The zero-order chi connectivity index (χ0) is 20.0. The number of nitrogens with one attached hydrogen (secondary N) is 1. The highest BCUT2D eigenvalue weighted by Crippen LogP contribution is 2.37. The maximum atomic E-state index is 12.2. The summed E-state index contributed by atoms with van der Waals surface area (Å²) in [5.41, 5.74) is 9.44. The van der Waals surface area contributed by atoms with Crippen LogP contribution in [0, 0.1) is 9.49 Å². The average molecular weight is 520 g/mol. The number of aromatic nitrogens is 4. The van der Waals surface area contributed by atoms with Crippen LogP contribution in [0.25, 0.3) is 11.2 Å². The average Bonchev–Trinajstić information content (AvgIpc) is 3.37. The van der Waals surface area contributed by atoms with E-state index in [2.05, 4.69) is 48.5 Å². The lowest BCUT2D eigenvalue weighted by molar-refractivity contribution is 0.0994. The van der Waals surface area contributed by atoms with E-state index in [1.165, 1.54) is 19.2 Å². The topological polar surface area (TPSA) is 98.7 Å². The van der Waals surface area contributed by atoms with Crippen molar-refractivity contribution in [1.82, 2.24) is 24.8 Å². The van der Waals surface area contributed by atoms with E-state index >= 15 is 0 Å². The van der Waals surface area contributed by atoms with E-state index in [-0.39, 0.29) is 5.78 Å². The number of nitrogen functional groups attached to an aromatic ring is 1. The third-order valence-corrected chi connectivity index (χ3v) is 7.76. The third-order valence-electron chi connectivity index (χ3n) is 5.45. The van der Waals surface area contributed by atoms with E-state index in [0.29, 0.717) is 17.8 Å². The fourth-order valence-electron chi connectivity index (χ4n) is 3.65. The number of nitrogens with zero attached hydrogens (tertiary/aromatic N) is 4. The summed E-state index contributed by atoms with van der Waals surface area (Å²) in [5.74, 6) is 1.46. The summed E-state index contributed by atoms with van der Waals surface area (Å²) in [7, 11) is 0. The van der Waals surface area contributed by atoms with Crippen molar-refractivity contribution < 1.29 is 4.79 Å². The molecule has 0 radical (unpaired) electrons. The minimum atomic E-state index is 0.228. The number of carbonyl (C=O) groups excluding carboxylic acids is 1. The molecule has 1 saturated carbocycles. The van der Waals surface area contributed by atoms with Gasteiger partial charge in [0.2, 0.25) is 0 Å². The Kier molecular flexibility index (Phi) is 5.21. The second-order valence-corrected chi connectivity index (χ2v) is 9.76. The number of aryl methyl sites for hydroxylation is 1. The summed E-state index contributed by atoms with van der Waals surface area (Å²) in [6.07, 6.45) is 5.60. The Morgan fingerprint density at radius 1 is 1.28 bits per heavy atom. The largest absolute Gasteiger partial charge is 0.382 e. The monoisotopic (exact) mass is 520 g/mol. The Hall–Kier alpha value is -1.72. The first-order chi connectivity index (χ1) is 14.1. The van der Waals surface area contributed by atoms with Gasteiger partial charge in [-0.15, -0.1) is 0 Å². The summed E-state index contributed by atoms with van der Waals surface area (Å²) in [6.45, 7) is 2.67. The summed E-state index contributed by atoms with van der Waals surface area (Å²) in [6, 6.07) is 4.14. The predicted molar refractivity (Wildman–Crippen MR) is 121 cm³/mol. The molecule has 5 rings (SSSR count). The fraction of sp³-hybridized carbons (Fsp3) is 0.400. The molecule has 9 heteroatoms. The lowest BCUT2D eigenvalue weighted by Gasteiger charge is -2.11. The number of Topliss-reactive ketones (excluding diaryl/α,β-unsaturated/α-hetero) is 1. The molecule has 0 spiro atoms. The summed E-state index contributed by atoms with van der Waals surface area (Å²) in [4.78, 5) is 26.5. The molecule has 3 N–H and O–H groups in total. The number of carbonyl (C=O) groups is 1. The number of halogens is 1. The Balaban J connectivity index is 1.47. The molecule has 3 aromatic rings. The van der Waals surface area contributed by atoms with Crippen LogP contribution in [0.3, 0.4) is 0 Å². The van der Waals surface area contributed by atoms with Crippen LogP contribution >= 0.6 is 34.4 Å². The Labute approximate surface area is 186 Å². The van der Waals surface area contributed by atoms with Crippen molar-refractivity contribution in [3.05, 3.63) is 33.2 Å². The van der Waals surface area contributed by atoms with Crippen molar-refractivity contribution in [3.63, 3.8) is 0 Å². The van der Waals surface area contributed by atoms with E-state index in [4.69, 9.17) is 10.7 Å². The SMILES string of the molecule is Nc1ncnc2c1nc(Sc1cc3c(cc1I)CCC3=O)n2CCNCC1CC1. The van der Waals surface area contributed by atoms with E-state index in [9.17, 15) is 4.79 Å². The van der Waals surface area contributed by atoms with Gasteiger partial charge >= 0.3 is 0 Å². The minimum absolute atomic E-state index is 0.228. The number of hydrogen-bond donors (Lipinski definition) is 2. The predicted octanol–water partition coefficient (Wildman–Crippen LogP) is 3.29. The van der Waals surface area contributed by atoms with Crippen molar-refractivity contribution in [3.8, 4) is 0 Å². The smallest absolute Gasteiger partial charge is 0.175 e. The number of hydrogen-bond acceptors (Lipinski definition) is 7. The molecule has 150 valence electrons. The van der Waals surface area contributed by atoms with Gasteiger partial charge in [0.1, 0.15) is 6.33 Å². The van der Waals surface area contributed by atoms with Gasteiger partial charge in [0.25, 0.3) is 0 Å². The van der Waals surface area contributed by atoms with Crippen molar-refractivity contribution in [2.24, 2.45) is 5.92 Å². The van der Waals surface area contributed by atoms with Crippen molar-refractivity contribution in [2.45, 2.75) is 42.3 Å². The van der Waals surface area contributed by atoms with Crippen LogP contribution in [-0.2, 0) is 13.0 Å². The lowest BCUT2D eigenvalue weighted by atomic mass is 10.1. The molecule has 2 aliphatic rings. The Morgan fingerprint density at radius 2 is 2.14 bits per heavy atom. The zero-order valence-corrected chi connectivity index (χ0v) is 18.8. The molecule has 1 fully saturated rings. The van der Waals surface area contributed by atoms with Crippen LogP contribution in [0.5, 0.6) is 0 Å². The second-order valence-electron chi connectivity index (χ2n) is 7.59. The number of benzene rings is 1. The van der Waals surface area contributed by atoms with Crippen LogP contribution in [0.4, 0.5) is 5.82 Å². The molecular formula is C20H21IN6OS. The molecular weight excluding hydrogens is 499 g/mol. The lowest BCUT2D eigenvalue weighted by Crippen LogP contribution is -2.22. The minimum Gasteiger partial charge on any atom is -0.382 e.